The summed E-state index contributed by atoms with van der Waals surface area (Å²) < 4.78 is 0. The molecular formula is C13H14N2. The number of nitrogens with two attached hydrogens (primary N) is 1. The molecule has 0 aliphatic heterocycles. The molecule has 1 heterocycles. The molecular weight excluding hydrogens is 184 g/mol. The zero-order valence-corrected chi connectivity index (χ0v) is 8.77. The lowest BCUT2D eigenvalue weighted by atomic mass is 10.1. The predicted octanol–water partition coefficient (Wildman–Crippen LogP) is 2.56. The summed E-state index contributed by atoms with van der Waals surface area (Å²) in [5.41, 5.74) is 10.1. The molecule has 2 rings (SSSR count). The second kappa shape index (κ2) is 4.13. The Bertz CT molecular complexity index is 446. The molecule has 0 aliphatic carbocycles. The van der Waals surface area contributed by atoms with Gasteiger partial charge >= 0.3 is 0 Å². The minimum Gasteiger partial charge on any atom is -0.399 e. The molecule has 2 aromatic rings. The van der Waals surface area contributed by atoms with Crippen molar-refractivity contribution in [3.63, 3.8) is 0 Å². The number of nitrogens with zero attached hydrogens (tertiary/aromatic N) is 1. The van der Waals surface area contributed by atoms with Crippen molar-refractivity contribution in [2.24, 2.45) is 0 Å². The Hall–Kier alpha value is -1.83. The van der Waals surface area contributed by atoms with Gasteiger partial charge < -0.3 is 5.73 Å². The molecule has 15 heavy (non-hydrogen) atoms. The van der Waals surface area contributed by atoms with E-state index in [0.29, 0.717) is 0 Å². The average molecular weight is 198 g/mol. The topological polar surface area (TPSA) is 38.9 Å². The van der Waals surface area contributed by atoms with Crippen LogP contribution in [0.2, 0.25) is 0 Å². The Morgan fingerprint density at radius 2 is 1.80 bits per heavy atom. The van der Waals surface area contributed by atoms with Crippen molar-refractivity contribution in [2.45, 2.75) is 13.3 Å². The number of nitrogen functional groups attached to an aromatic ring is 1. The van der Waals surface area contributed by atoms with Gasteiger partial charge in [-0.2, -0.15) is 0 Å². The SMILES string of the molecule is Cc1cc(Cc2ccc(N)cc2)ccn1. The molecule has 1 aromatic carbocycles. The monoisotopic (exact) mass is 198 g/mol. The first-order valence-corrected chi connectivity index (χ1v) is 5.00. The van der Waals surface area contributed by atoms with E-state index in [-0.39, 0.29) is 0 Å². The summed E-state index contributed by atoms with van der Waals surface area (Å²) in [5.74, 6) is 0. The highest BCUT2D eigenvalue weighted by atomic mass is 14.6. The summed E-state index contributed by atoms with van der Waals surface area (Å²) in [6.07, 6.45) is 2.78. The highest BCUT2D eigenvalue weighted by Crippen LogP contribution is 2.11. The third kappa shape index (κ3) is 2.56. The maximum Gasteiger partial charge on any atom is 0.0375 e. The van der Waals surface area contributed by atoms with Crippen LogP contribution in [-0.4, -0.2) is 4.98 Å². The van der Waals surface area contributed by atoms with E-state index in [4.69, 9.17) is 5.73 Å². The molecule has 0 bridgehead atoms. The fraction of sp³-hybridized carbons (Fsp3) is 0.154. The average Bonchev–Trinajstić information content (AvgIpc) is 2.22. The second-order valence-electron chi connectivity index (χ2n) is 3.72. The number of pyridine rings is 1. The van der Waals surface area contributed by atoms with Crippen molar-refractivity contribution < 1.29 is 0 Å². The van der Waals surface area contributed by atoms with Crippen molar-refractivity contribution in [1.29, 1.82) is 0 Å². The maximum atomic E-state index is 5.63. The predicted molar refractivity (Wildman–Crippen MR) is 62.6 cm³/mol. The number of hydrogen-bond acceptors (Lipinski definition) is 2. The van der Waals surface area contributed by atoms with Crippen LogP contribution in [0.15, 0.2) is 42.6 Å². The van der Waals surface area contributed by atoms with Crippen molar-refractivity contribution in [3.8, 4) is 0 Å². The molecule has 0 saturated heterocycles. The van der Waals surface area contributed by atoms with Crippen molar-refractivity contribution in [1.82, 2.24) is 4.98 Å². The van der Waals surface area contributed by atoms with Gasteiger partial charge in [-0.25, -0.2) is 0 Å². The van der Waals surface area contributed by atoms with E-state index in [9.17, 15) is 0 Å². The quantitative estimate of drug-likeness (QED) is 0.753. The standard InChI is InChI=1S/C13H14N2/c1-10-8-12(6-7-15-10)9-11-2-4-13(14)5-3-11/h2-8H,9,14H2,1H3. The Balaban J connectivity index is 2.18. The molecule has 2 N–H and O–H groups in total. The summed E-state index contributed by atoms with van der Waals surface area (Å²) in [5, 5.41) is 0. The Kier molecular flexibility index (Phi) is 2.68. The Morgan fingerprint density at radius 3 is 2.47 bits per heavy atom. The fourth-order valence-electron chi connectivity index (χ4n) is 1.59. The Labute approximate surface area is 89.8 Å². The molecule has 76 valence electrons. The first-order chi connectivity index (χ1) is 7.24. The maximum absolute atomic E-state index is 5.63. The summed E-state index contributed by atoms with van der Waals surface area (Å²) in [6, 6.07) is 12.1. The lowest BCUT2D eigenvalue weighted by Crippen LogP contribution is -1.91. The van der Waals surface area contributed by atoms with Gasteiger partial charge in [-0.15, -0.1) is 0 Å². The van der Waals surface area contributed by atoms with E-state index >= 15 is 0 Å². The number of aromatic nitrogens is 1. The second-order valence-corrected chi connectivity index (χ2v) is 3.72. The van der Waals surface area contributed by atoms with E-state index in [0.717, 1.165) is 17.8 Å². The smallest absolute Gasteiger partial charge is 0.0375 e. The molecule has 0 spiro atoms. The molecule has 0 saturated carbocycles. The summed E-state index contributed by atoms with van der Waals surface area (Å²) in [4.78, 5) is 4.18. The van der Waals surface area contributed by atoms with Gasteiger partial charge in [0.15, 0.2) is 0 Å². The fourth-order valence-corrected chi connectivity index (χ4v) is 1.59. The van der Waals surface area contributed by atoms with Crippen LogP contribution in [0.1, 0.15) is 16.8 Å². The van der Waals surface area contributed by atoms with Crippen LogP contribution in [-0.2, 0) is 6.42 Å². The molecule has 1 aromatic heterocycles. The van der Waals surface area contributed by atoms with Gasteiger partial charge in [-0.05, 0) is 48.7 Å². The van der Waals surface area contributed by atoms with Gasteiger partial charge in [0.1, 0.15) is 0 Å². The van der Waals surface area contributed by atoms with Crippen molar-refractivity contribution in [2.75, 3.05) is 5.73 Å². The largest absolute Gasteiger partial charge is 0.399 e. The van der Waals surface area contributed by atoms with Crippen LogP contribution < -0.4 is 5.73 Å². The molecule has 2 heteroatoms. The van der Waals surface area contributed by atoms with Crippen LogP contribution in [0.5, 0.6) is 0 Å². The minimum atomic E-state index is 0.810. The van der Waals surface area contributed by atoms with Gasteiger partial charge in [0.05, 0.1) is 0 Å². The molecule has 0 amide bonds. The van der Waals surface area contributed by atoms with Crippen LogP contribution in [0, 0.1) is 6.92 Å². The van der Waals surface area contributed by atoms with Crippen molar-refractivity contribution in [3.05, 3.63) is 59.4 Å². The van der Waals surface area contributed by atoms with Gasteiger partial charge in [0.2, 0.25) is 0 Å². The lowest BCUT2D eigenvalue weighted by Gasteiger charge is -2.03. The normalized spacial score (nSPS) is 10.2. The van der Waals surface area contributed by atoms with Crippen LogP contribution >= 0.6 is 0 Å². The molecule has 0 aliphatic rings. The van der Waals surface area contributed by atoms with E-state index in [2.05, 4.69) is 23.2 Å². The van der Waals surface area contributed by atoms with Crippen LogP contribution in [0.4, 0.5) is 5.69 Å². The summed E-state index contributed by atoms with van der Waals surface area (Å²) in [6.45, 7) is 2.01. The number of rotatable bonds is 2. The lowest BCUT2D eigenvalue weighted by molar-refractivity contribution is 1.12. The Morgan fingerprint density at radius 1 is 1.07 bits per heavy atom. The summed E-state index contributed by atoms with van der Waals surface area (Å²) >= 11 is 0. The first-order valence-electron chi connectivity index (χ1n) is 5.00. The summed E-state index contributed by atoms with van der Waals surface area (Å²) in [7, 11) is 0. The van der Waals surface area contributed by atoms with Gasteiger partial charge in [0, 0.05) is 17.6 Å². The highest BCUT2D eigenvalue weighted by Gasteiger charge is 1.96. The van der Waals surface area contributed by atoms with Crippen molar-refractivity contribution >= 4 is 5.69 Å². The molecule has 0 atom stereocenters. The van der Waals surface area contributed by atoms with Gasteiger partial charge in [-0.1, -0.05) is 12.1 Å². The number of anilines is 1. The van der Waals surface area contributed by atoms with Gasteiger partial charge in [0.25, 0.3) is 0 Å². The number of aryl methyl sites for hydroxylation is 1. The van der Waals surface area contributed by atoms with E-state index in [1.807, 2.05) is 31.3 Å². The highest BCUT2D eigenvalue weighted by molar-refractivity contribution is 5.40. The van der Waals surface area contributed by atoms with Gasteiger partial charge in [-0.3, -0.25) is 4.98 Å². The molecule has 0 unspecified atom stereocenters. The molecule has 0 radical (unpaired) electrons. The van der Waals surface area contributed by atoms with Crippen LogP contribution in [0.3, 0.4) is 0 Å². The third-order valence-electron chi connectivity index (χ3n) is 2.35. The van der Waals surface area contributed by atoms with E-state index in [1.165, 1.54) is 11.1 Å². The number of benzene rings is 1. The zero-order valence-electron chi connectivity index (χ0n) is 8.77. The van der Waals surface area contributed by atoms with E-state index < -0.39 is 0 Å². The third-order valence-corrected chi connectivity index (χ3v) is 2.35. The zero-order chi connectivity index (χ0) is 10.7. The van der Waals surface area contributed by atoms with E-state index in [1.54, 1.807) is 0 Å². The minimum absolute atomic E-state index is 0.810. The molecule has 2 nitrogen and oxygen atoms in total. The van der Waals surface area contributed by atoms with Crippen LogP contribution in [0.25, 0.3) is 0 Å². The first kappa shape index (κ1) is 9.71. The molecule has 0 fully saturated rings. The number of hydrogen-bond donors (Lipinski definition) is 1.